The molecule has 2 aliphatic carbocycles. The predicted octanol–water partition coefficient (Wildman–Crippen LogP) is 3.62. The lowest BCUT2D eigenvalue weighted by Gasteiger charge is -2.18. The highest BCUT2D eigenvalue weighted by atomic mass is 79.9. The van der Waals surface area contributed by atoms with E-state index < -0.39 is 0 Å². The number of anilines is 1. The largest absolute Gasteiger partial charge is 0.274 e. The van der Waals surface area contributed by atoms with E-state index in [2.05, 4.69) is 33.2 Å². The minimum absolute atomic E-state index is 0.0451. The molecule has 6 heteroatoms. The minimum Gasteiger partial charge on any atom is -0.274 e. The van der Waals surface area contributed by atoms with Gasteiger partial charge in [-0.25, -0.2) is 4.90 Å². The molecule has 5 rings (SSSR count). The molecule has 138 valence electrons. The second-order valence-electron chi connectivity index (χ2n) is 7.82. The molecule has 2 heterocycles. The zero-order chi connectivity index (χ0) is 18.9. The summed E-state index contributed by atoms with van der Waals surface area (Å²) in [6, 6.07) is 8.08. The van der Waals surface area contributed by atoms with Gasteiger partial charge < -0.3 is 0 Å². The second-order valence-corrected chi connectivity index (χ2v) is 8.73. The quantitative estimate of drug-likeness (QED) is 0.557. The molecule has 2 bridgehead atoms. The molecule has 0 unspecified atom stereocenters. The Kier molecular flexibility index (Phi) is 3.69. The molecule has 2 aromatic rings. The molecular weight excluding hydrogens is 406 g/mol. The molecule has 1 saturated carbocycles. The number of benzene rings is 1. The number of hydrogen-bond donors (Lipinski definition) is 0. The van der Waals surface area contributed by atoms with Crippen molar-refractivity contribution in [1.82, 2.24) is 9.78 Å². The Morgan fingerprint density at radius 2 is 1.63 bits per heavy atom. The van der Waals surface area contributed by atoms with Crippen molar-refractivity contribution in [3.05, 3.63) is 57.8 Å². The van der Waals surface area contributed by atoms with E-state index in [4.69, 9.17) is 0 Å². The number of fused-ring (bicyclic) bond motifs is 5. The summed E-state index contributed by atoms with van der Waals surface area (Å²) in [6.45, 7) is 4.42. The molecule has 1 aliphatic heterocycles. The fraction of sp³-hybridized carbons (Fsp3) is 0.381. The summed E-state index contributed by atoms with van der Waals surface area (Å²) in [7, 11) is 0. The molecule has 1 aromatic carbocycles. The fourth-order valence-electron chi connectivity index (χ4n) is 5.05. The Hall–Kier alpha value is -2.21. The minimum atomic E-state index is -0.180. The number of hydrogen-bond acceptors (Lipinski definition) is 3. The van der Waals surface area contributed by atoms with E-state index in [0.717, 1.165) is 27.8 Å². The van der Waals surface area contributed by atoms with Gasteiger partial charge in [0.1, 0.15) is 0 Å². The van der Waals surface area contributed by atoms with Crippen LogP contribution in [0.25, 0.3) is 0 Å². The van der Waals surface area contributed by atoms with Gasteiger partial charge in [0.15, 0.2) is 0 Å². The lowest BCUT2D eigenvalue weighted by molar-refractivity contribution is -0.123. The number of carbonyl (C=O) groups is 2. The second kappa shape index (κ2) is 5.89. The van der Waals surface area contributed by atoms with Gasteiger partial charge in [-0.1, -0.05) is 40.2 Å². The first-order valence-electron chi connectivity index (χ1n) is 9.30. The van der Waals surface area contributed by atoms with Gasteiger partial charge in [-0.05, 0) is 49.8 Å². The van der Waals surface area contributed by atoms with Gasteiger partial charge >= 0.3 is 0 Å². The topological polar surface area (TPSA) is 55.2 Å². The van der Waals surface area contributed by atoms with Gasteiger partial charge in [-0.2, -0.15) is 5.10 Å². The standard InChI is InChI=1S/C21H20BrN3O2/c1-11-19(12(2)24(23-11)10-13-3-7-16(22)8-4-13)25-20(26)17-14-5-6-15(9-14)18(17)21(25)27/h3-8,14-15,17-18H,9-10H2,1-2H3/t14-,15-,17+,18+/m0/s1. The van der Waals surface area contributed by atoms with Crippen molar-refractivity contribution in [2.24, 2.45) is 23.7 Å². The van der Waals surface area contributed by atoms with Crippen molar-refractivity contribution >= 4 is 33.4 Å². The summed E-state index contributed by atoms with van der Waals surface area (Å²) in [4.78, 5) is 27.7. The third kappa shape index (κ3) is 2.39. The van der Waals surface area contributed by atoms with Crippen LogP contribution in [0.4, 0.5) is 5.69 Å². The number of amides is 2. The predicted molar refractivity (Wildman–Crippen MR) is 105 cm³/mol. The molecule has 1 saturated heterocycles. The average Bonchev–Trinajstić information content (AvgIpc) is 3.37. The molecule has 0 spiro atoms. The maximum atomic E-state index is 13.1. The van der Waals surface area contributed by atoms with Crippen molar-refractivity contribution in [2.75, 3.05) is 4.90 Å². The van der Waals surface area contributed by atoms with Crippen molar-refractivity contribution in [3.63, 3.8) is 0 Å². The highest BCUT2D eigenvalue weighted by Gasteiger charge is 2.60. The third-order valence-corrected chi connectivity index (χ3v) is 6.81. The summed E-state index contributed by atoms with van der Waals surface area (Å²) < 4.78 is 2.92. The number of halogens is 1. The van der Waals surface area contributed by atoms with Crippen LogP contribution in [-0.4, -0.2) is 21.6 Å². The smallest absolute Gasteiger partial charge is 0.238 e. The van der Waals surface area contributed by atoms with E-state index in [-0.39, 0.29) is 35.5 Å². The van der Waals surface area contributed by atoms with Crippen LogP contribution >= 0.6 is 15.9 Å². The van der Waals surface area contributed by atoms with Crippen molar-refractivity contribution in [3.8, 4) is 0 Å². The molecule has 0 N–H and O–H groups in total. The fourth-order valence-corrected chi connectivity index (χ4v) is 5.31. The van der Waals surface area contributed by atoms with Crippen molar-refractivity contribution in [2.45, 2.75) is 26.8 Å². The van der Waals surface area contributed by atoms with Gasteiger partial charge in [-0.3, -0.25) is 14.3 Å². The third-order valence-electron chi connectivity index (χ3n) is 6.28. The number of carbonyl (C=O) groups excluding carboxylic acids is 2. The molecule has 2 amide bonds. The number of aryl methyl sites for hydroxylation is 1. The number of imide groups is 1. The van der Waals surface area contributed by atoms with E-state index in [1.165, 1.54) is 4.90 Å². The van der Waals surface area contributed by atoms with E-state index in [1.54, 1.807) is 0 Å². The molecule has 4 atom stereocenters. The zero-order valence-electron chi connectivity index (χ0n) is 15.2. The van der Waals surface area contributed by atoms with Crippen LogP contribution in [0.5, 0.6) is 0 Å². The van der Waals surface area contributed by atoms with Gasteiger partial charge in [0, 0.05) is 4.47 Å². The molecule has 27 heavy (non-hydrogen) atoms. The molecular formula is C21H20BrN3O2. The highest BCUT2D eigenvalue weighted by Crippen LogP contribution is 2.53. The monoisotopic (exact) mass is 425 g/mol. The molecule has 1 aromatic heterocycles. The Balaban J connectivity index is 1.49. The first kappa shape index (κ1) is 16.9. The summed E-state index contributed by atoms with van der Waals surface area (Å²) >= 11 is 3.45. The number of allylic oxidation sites excluding steroid dienone is 2. The van der Waals surface area contributed by atoms with E-state index in [1.807, 2.05) is 42.8 Å². The first-order chi connectivity index (χ1) is 13.0. The number of rotatable bonds is 3. The summed E-state index contributed by atoms with van der Waals surface area (Å²) in [5.41, 5.74) is 3.38. The zero-order valence-corrected chi connectivity index (χ0v) is 16.8. The Morgan fingerprint density at radius 3 is 2.22 bits per heavy atom. The maximum absolute atomic E-state index is 13.1. The highest BCUT2D eigenvalue weighted by molar-refractivity contribution is 9.10. The van der Waals surface area contributed by atoms with Crippen LogP contribution < -0.4 is 4.90 Å². The molecule has 0 radical (unpaired) electrons. The van der Waals surface area contributed by atoms with Crippen LogP contribution in [0.15, 0.2) is 40.9 Å². The molecule has 3 aliphatic rings. The van der Waals surface area contributed by atoms with Gasteiger partial charge in [0.25, 0.3) is 0 Å². The van der Waals surface area contributed by atoms with E-state index in [0.29, 0.717) is 12.2 Å². The Labute approximate surface area is 166 Å². The van der Waals surface area contributed by atoms with Crippen LogP contribution in [0.1, 0.15) is 23.4 Å². The maximum Gasteiger partial charge on any atom is 0.238 e. The summed E-state index contributed by atoms with van der Waals surface area (Å²) in [5.74, 6) is -0.00512. The normalized spacial score (nSPS) is 28.5. The SMILES string of the molecule is Cc1nn(Cc2ccc(Br)cc2)c(C)c1N1C(=O)[C@H]2[C@H](C1=O)[C@H]1C=C[C@H]2C1. The molecule has 2 fully saturated rings. The average molecular weight is 426 g/mol. The Morgan fingerprint density at radius 1 is 1.04 bits per heavy atom. The van der Waals surface area contributed by atoms with Gasteiger partial charge in [0.05, 0.1) is 35.5 Å². The first-order valence-corrected chi connectivity index (χ1v) is 10.1. The number of nitrogens with zero attached hydrogens (tertiary/aromatic N) is 3. The molecule has 5 nitrogen and oxygen atoms in total. The summed E-state index contributed by atoms with van der Waals surface area (Å²) in [5, 5.41) is 4.63. The van der Waals surface area contributed by atoms with Crippen molar-refractivity contribution < 1.29 is 9.59 Å². The van der Waals surface area contributed by atoms with Crippen LogP contribution in [0, 0.1) is 37.5 Å². The lowest BCUT2D eigenvalue weighted by atomic mass is 9.85. The Bertz CT molecular complexity index is 962. The van der Waals surface area contributed by atoms with Gasteiger partial charge in [-0.15, -0.1) is 0 Å². The lowest BCUT2D eigenvalue weighted by Crippen LogP contribution is -2.33. The van der Waals surface area contributed by atoms with Crippen molar-refractivity contribution in [1.29, 1.82) is 0 Å². The van der Waals surface area contributed by atoms with Gasteiger partial charge in [0.2, 0.25) is 11.8 Å². The van der Waals surface area contributed by atoms with E-state index in [9.17, 15) is 9.59 Å². The summed E-state index contributed by atoms with van der Waals surface area (Å²) in [6.07, 6.45) is 5.19. The van der Waals surface area contributed by atoms with E-state index >= 15 is 0 Å². The van der Waals surface area contributed by atoms with Crippen LogP contribution in [0.2, 0.25) is 0 Å². The van der Waals surface area contributed by atoms with Crippen LogP contribution in [-0.2, 0) is 16.1 Å². The number of aromatic nitrogens is 2. The van der Waals surface area contributed by atoms with Crippen LogP contribution in [0.3, 0.4) is 0 Å².